The van der Waals surface area contributed by atoms with Crippen LogP contribution in [0.25, 0.3) is 10.2 Å². The van der Waals surface area contributed by atoms with Crippen molar-refractivity contribution in [3.8, 4) is 0 Å². The third-order valence-corrected chi connectivity index (χ3v) is 5.69. The Labute approximate surface area is 146 Å². The second-order valence-corrected chi connectivity index (χ2v) is 7.02. The molecule has 0 radical (unpaired) electrons. The number of hydrogen-bond acceptors (Lipinski definition) is 7. The topological polar surface area (TPSA) is 84.9 Å². The van der Waals surface area contributed by atoms with E-state index >= 15 is 0 Å². The van der Waals surface area contributed by atoms with Crippen LogP contribution in [0.3, 0.4) is 0 Å². The summed E-state index contributed by atoms with van der Waals surface area (Å²) < 4.78 is 5.75. The van der Waals surface area contributed by atoms with Crippen LogP contribution in [0.2, 0.25) is 0 Å². The molecule has 0 aliphatic carbocycles. The molecule has 3 rings (SSSR count). The Bertz CT molecular complexity index is 930. The van der Waals surface area contributed by atoms with Crippen LogP contribution in [0.5, 0.6) is 0 Å². The van der Waals surface area contributed by atoms with Gasteiger partial charge in [-0.2, -0.15) is 0 Å². The number of fused-ring (bicyclic) bond motifs is 1. The third kappa shape index (κ3) is 2.94. The van der Waals surface area contributed by atoms with E-state index in [1.54, 1.807) is 25.2 Å². The fourth-order valence-electron chi connectivity index (χ4n) is 2.51. The predicted molar refractivity (Wildman–Crippen MR) is 94.1 cm³/mol. The number of H-pyrrole nitrogens is 1. The number of esters is 1. The lowest BCUT2D eigenvalue weighted by Crippen LogP contribution is -2.07. The van der Waals surface area contributed by atoms with Crippen LogP contribution in [-0.2, 0) is 4.74 Å². The molecule has 0 amide bonds. The van der Waals surface area contributed by atoms with Crippen LogP contribution in [-0.4, -0.2) is 39.6 Å². The molecule has 24 heavy (non-hydrogen) atoms. The molecule has 8 heteroatoms. The molecular weight excluding hydrogens is 346 g/mol. The quantitative estimate of drug-likeness (QED) is 0.324. The summed E-state index contributed by atoms with van der Waals surface area (Å²) in [7, 11) is 1.33. The molecule has 0 fully saturated rings. The number of ketones is 1. The predicted octanol–water partition coefficient (Wildman–Crippen LogP) is 3.40. The van der Waals surface area contributed by atoms with Crippen LogP contribution in [0.1, 0.15) is 32.1 Å². The summed E-state index contributed by atoms with van der Waals surface area (Å²) in [6, 6.07) is 1.93. The highest BCUT2D eigenvalue weighted by atomic mass is 32.2. The maximum atomic E-state index is 12.5. The Kier molecular flexibility index (Phi) is 4.68. The number of aromatic nitrogens is 3. The fourth-order valence-corrected chi connectivity index (χ4v) is 4.33. The molecular formula is C16H15N3O3S2. The van der Waals surface area contributed by atoms with Crippen LogP contribution in [0.4, 0.5) is 0 Å². The Balaban J connectivity index is 1.81. The molecule has 0 aromatic carbocycles. The zero-order valence-electron chi connectivity index (χ0n) is 13.4. The first-order valence-electron chi connectivity index (χ1n) is 7.14. The maximum Gasteiger partial charge on any atom is 0.339 e. The molecule has 0 aliphatic heterocycles. The van der Waals surface area contributed by atoms with E-state index in [1.165, 1.54) is 25.2 Å². The number of ether oxygens (including phenoxy) is 1. The number of rotatable bonds is 5. The Morgan fingerprint density at radius 3 is 2.88 bits per heavy atom. The van der Waals surface area contributed by atoms with Crippen molar-refractivity contribution in [2.75, 3.05) is 12.9 Å². The van der Waals surface area contributed by atoms with Crippen molar-refractivity contribution < 1.29 is 14.3 Å². The summed E-state index contributed by atoms with van der Waals surface area (Å²) in [5.74, 6) is -0.297. The molecule has 0 atom stereocenters. The number of carbonyl (C=O) groups is 2. The number of aryl methyl sites for hydroxylation is 1. The minimum atomic E-state index is -0.441. The van der Waals surface area contributed by atoms with Gasteiger partial charge in [0.25, 0.3) is 0 Å². The number of aromatic amines is 1. The number of carbonyl (C=O) groups excluding carboxylic acids is 2. The van der Waals surface area contributed by atoms with E-state index in [-0.39, 0.29) is 11.5 Å². The number of thiophene rings is 1. The third-order valence-electron chi connectivity index (χ3n) is 3.66. The van der Waals surface area contributed by atoms with Crippen LogP contribution < -0.4 is 0 Å². The SMILES string of the molecule is COC(=O)c1c(C)[nH]c(C(=O)CSc2ncnc3ccsc23)c1C. The van der Waals surface area contributed by atoms with Gasteiger partial charge in [-0.15, -0.1) is 11.3 Å². The van der Waals surface area contributed by atoms with Crippen LogP contribution >= 0.6 is 23.1 Å². The van der Waals surface area contributed by atoms with Gasteiger partial charge in [0, 0.05) is 5.69 Å². The summed E-state index contributed by atoms with van der Waals surface area (Å²) in [6.07, 6.45) is 1.50. The van der Waals surface area contributed by atoms with Crippen molar-refractivity contribution in [3.05, 3.63) is 40.3 Å². The number of hydrogen-bond donors (Lipinski definition) is 1. The second-order valence-electron chi connectivity index (χ2n) is 5.14. The Morgan fingerprint density at radius 1 is 1.33 bits per heavy atom. The molecule has 0 saturated carbocycles. The van der Waals surface area contributed by atoms with E-state index in [1.807, 2.05) is 11.4 Å². The first-order chi connectivity index (χ1) is 11.5. The van der Waals surface area contributed by atoms with Gasteiger partial charge in [-0.05, 0) is 30.9 Å². The van der Waals surface area contributed by atoms with Crippen LogP contribution in [0, 0.1) is 13.8 Å². The van der Waals surface area contributed by atoms with Crippen molar-refractivity contribution in [1.82, 2.24) is 15.0 Å². The standard InChI is InChI=1S/C16H15N3O3S2/c1-8-12(16(21)22-3)9(2)19-13(8)11(20)6-24-15-14-10(4-5-23-14)17-7-18-15/h4-5,7,19H,6H2,1-3H3. The molecule has 124 valence electrons. The minimum Gasteiger partial charge on any atom is -0.465 e. The van der Waals surface area contributed by atoms with Crippen molar-refractivity contribution in [3.63, 3.8) is 0 Å². The first kappa shape index (κ1) is 16.7. The molecule has 6 nitrogen and oxygen atoms in total. The van der Waals surface area contributed by atoms with Crippen molar-refractivity contribution >= 4 is 45.1 Å². The fraction of sp³-hybridized carbons (Fsp3) is 0.250. The lowest BCUT2D eigenvalue weighted by Gasteiger charge is -2.02. The maximum absolute atomic E-state index is 12.5. The van der Waals surface area contributed by atoms with E-state index in [0.717, 1.165) is 15.2 Å². The van der Waals surface area contributed by atoms with E-state index in [2.05, 4.69) is 15.0 Å². The van der Waals surface area contributed by atoms with Gasteiger partial charge in [0.1, 0.15) is 11.4 Å². The smallest absolute Gasteiger partial charge is 0.339 e. The number of nitrogens with zero attached hydrogens (tertiary/aromatic N) is 2. The molecule has 0 aliphatic rings. The zero-order valence-corrected chi connectivity index (χ0v) is 15.0. The molecule has 0 spiro atoms. The van der Waals surface area contributed by atoms with Gasteiger partial charge in [0.15, 0.2) is 5.78 Å². The molecule has 1 N–H and O–H groups in total. The number of Topliss-reactive ketones (excluding diaryl/α,β-unsaturated/α-hetero) is 1. The van der Waals surface area contributed by atoms with Gasteiger partial charge >= 0.3 is 5.97 Å². The average Bonchev–Trinajstić information content (AvgIpc) is 3.16. The first-order valence-corrected chi connectivity index (χ1v) is 9.01. The number of thioether (sulfide) groups is 1. The van der Waals surface area contributed by atoms with Crippen molar-refractivity contribution in [2.24, 2.45) is 0 Å². The Morgan fingerprint density at radius 2 is 2.12 bits per heavy atom. The summed E-state index contributed by atoms with van der Waals surface area (Å²) in [6.45, 7) is 3.50. The lowest BCUT2D eigenvalue weighted by atomic mass is 10.1. The van der Waals surface area contributed by atoms with E-state index in [9.17, 15) is 9.59 Å². The highest BCUT2D eigenvalue weighted by molar-refractivity contribution is 8.00. The lowest BCUT2D eigenvalue weighted by molar-refractivity contribution is 0.0599. The van der Waals surface area contributed by atoms with E-state index < -0.39 is 5.97 Å². The Hall–Kier alpha value is -2.19. The normalized spacial score (nSPS) is 11.0. The van der Waals surface area contributed by atoms with E-state index in [4.69, 9.17) is 4.74 Å². The molecule has 3 heterocycles. The summed E-state index contributed by atoms with van der Waals surface area (Å²) in [4.78, 5) is 35.8. The second kappa shape index (κ2) is 6.74. The van der Waals surface area contributed by atoms with E-state index in [0.29, 0.717) is 22.5 Å². The molecule has 3 aromatic rings. The molecule has 0 unspecified atom stereocenters. The highest BCUT2D eigenvalue weighted by Crippen LogP contribution is 2.29. The average molecular weight is 361 g/mol. The van der Waals surface area contributed by atoms with Gasteiger partial charge in [-0.25, -0.2) is 14.8 Å². The van der Waals surface area contributed by atoms with Crippen LogP contribution in [0.15, 0.2) is 22.8 Å². The number of methoxy groups -OCH3 is 1. The van der Waals surface area contributed by atoms with Crippen molar-refractivity contribution in [1.29, 1.82) is 0 Å². The summed E-state index contributed by atoms with van der Waals surface area (Å²) >= 11 is 2.92. The molecule has 0 saturated heterocycles. The molecule has 0 bridgehead atoms. The van der Waals surface area contributed by atoms with Gasteiger partial charge in [0.05, 0.1) is 34.3 Å². The highest BCUT2D eigenvalue weighted by Gasteiger charge is 2.22. The minimum absolute atomic E-state index is 0.0842. The summed E-state index contributed by atoms with van der Waals surface area (Å²) in [5.41, 5.74) is 3.00. The molecule has 3 aromatic heterocycles. The summed E-state index contributed by atoms with van der Waals surface area (Å²) in [5, 5.41) is 2.74. The number of nitrogens with one attached hydrogen (secondary N) is 1. The van der Waals surface area contributed by atoms with Gasteiger partial charge in [-0.3, -0.25) is 4.79 Å². The van der Waals surface area contributed by atoms with Crippen molar-refractivity contribution in [2.45, 2.75) is 18.9 Å². The zero-order chi connectivity index (χ0) is 17.3. The van der Waals surface area contributed by atoms with Gasteiger partial charge in [0.2, 0.25) is 0 Å². The monoisotopic (exact) mass is 361 g/mol. The largest absolute Gasteiger partial charge is 0.465 e. The van der Waals surface area contributed by atoms with Gasteiger partial charge in [-0.1, -0.05) is 11.8 Å². The van der Waals surface area contributed by atoms with Gasteiger partial charge < -0.3 is 9.72 Å².